The third kappa shape index (κ3) is 2.18. The highest BCUT2D eigenvalue weighted by Crippen LogP contribution is 2.19. The van der Waals surface area contributed by atoms with Crippen LogP contribution in [0.2, 0.25) is 0 Å². The summed E-state index contributed by atoms with van der Waals surface area (Å²) in [5.74, 6) is -0.463. The second-order valence-corrected chi connectivity index (χ2v) is 3.47. The Morgan fingerprint density at radius 3 is 2.00 bits per heavy atom. The first-order valence-electron chi connectivity index (χ1n) is 3.33. The summed E-state index contributed by atoms with van der Waals surface area (Å²) in [6.07, 6.45) is 0. The summed E-state index contributed by atoms with van der Waals surface area (Å²) in [5, 5.41) is 8.40. The molecule has 56 valence electrons. The minimum absolute atomic E-state index is 0.00926. The second-order valence-electron chi connectivity index (χ2n) is 3.47. The molecule has 0 radical (unpaired) electrons. The molecule has 0 aromatic heterocycles. The van der Waals surface area contributed by atoms with Crippen molar-refractivity contribution in [3.8, 4) is 6.07 Å². The summed E-state index contributed by atoms with van der Waals surface area (Å²) >= 11 is 0. The van der Waals surface area contributed by atoms with E-state index in [1.54, 1.807) is 6.92 Å². The highest BCUT2D eigenvalue weighted by Gasteiger charge is 2.25. The molecule has 0 spiro atoms. The molecule has 1 atom stereocenters. The van der Waals surface area contributed by atoms with Gasteiger partial charge in [-0.1, -0.05) is 20.8 Å². The normalized spacial score (nSPS) is 13.9. The van der Waals surface area contributed by atoms with E-state index in [-0.39, 0.29) is 11.2 Å². The maximum atomic E-state index is 11.2. The molecule has 2 heteroatoms. The van der Waals surface area contributed by atoms with Crippen LogP contribution in [0.5, 0.6) is 0 Å². The largest absolute Gasteiger partial charge is 0.298 e. The van der Waals surface area contributed by atoms with Crippen molar-refractivity contribution in [3.05, 3.63) is 0 Å². The fourth-order valence-electron chi connectivity index (χ4n) is 0.708. The molecule has 0 saturated carbocycles. The van der Waals surface area contributed by atoms with Gasteiger partial charge in [0.2, 0.25) is 0 Å². The van der Waals surface area contributed by atoms with Crippen LogP contribution in [0.15, 0.2) is 0 Å². The Morgan fingerprint density at radius 1 is 1.50 bits per heavy atom. The van der Waals surface area contributed by atoms with Gasteiger partial charge >= 0.3 is 0 Å². The molecule has 0 fully saturated rings. The van der Waals surface area contributed by atoms with Crippen molar-refractivity contribution in [1.29, 1.82) is 5.26 Å². The molecule has 2 nitrogen and oxygen atoms in total. The minimum atomic E-state index is -0.472. The third-order valence-electron chi connectivity index (χ3n) is 1.33. The first-order valence-corrected chi connectivity index (χ1v) is 3.33. The molecule has 0 heterocycles. The predicted octanol–water partition coefficient (Wildman–Crippen LogP) is 1.76. The molecule has 0 saturated heterocycles. The SMILES string of the molecule is CC(C#N)C(=O)C(C)(C)C. The lowest BCUT2D eigenvalue weighted by molar-refractivity contribution is -0.128. The summed E-state index contributed by atoms with van der Waals surface area (Å²) in [7, 11) is 0. The van der Waals surface area contributed by atoms with Gasteiger partial charge in [0.15, 0.2) is 5.78 Å². The van der Waals surface area contributed by atoms with Crippen molar-refractivity contribution in [2.75, 3.05) is 0 Å². The van der Waals surface area contributed by atoms with Crippen LogP contribution in [0.1, 0.15) is 27.7 Å². The van der Waals surface area contributed by atoms with Gasteiger partial charge in [-0.2, -0.15) is 5.26 Å². The summed E-state index contributed by atoms with van der Waals surface area (Å²) in [4.78, 5) is 11.2. The van der Waals surface area contributed by atoms with Gasteiger partial charge in [0.05, 0.1) is 6.07 Å². The minimum Gasteiger partial charge on any atom is -0.298 e. The summed E-state index contributed by atoms with van der Waals surface area (Å²) in [5.41, 5.74) is -0.380. The maximum absolute atomic E-state index is 11.2. The van der Waals surface area contributed by atoms with E-state index in [4.69, 9.17) is 5.26 Å². The number of nitriles is 1. The molecule has 0 aromatic carbocycles. The van der Waals surface area contributed by atoms with Crippen LogP contribution >= 0.6 is 0 Å². The molecular weight excluding hydrogens is 126 g/mol. The van der Waals surface area contributed by atoms with Gasteiger partial charge in [-0.25, -0.2) is 0 Å². The van der Waals surface area contributed by atoms with Crippen molar-refractivity contribution < 1.29 is 4.79 Å². The molecule has 0 bridgehead atoms. The molecule has 0 amide bonds. The van der Waals surface area contributed by atoms with E-state index in [0.29, 0.717) is 0 Å². The van der Waals surface area contributed by atoms with Crippen molar-refractivity contribution in [2.24, 2.45) is 11.3 Å². The highest BCUT2D eigenvalue weighted by atomic mass is 16.1. The van der Waals surface area contributed by atoms with Crippen molar-refractivity contribution in [2.45, 2.75) is 27.7 Å². The maximum Gasteiger partial charge on any atom is 0.154 e. The molecule has 0 aliphatic rings. The average molecular weight is 139 g/mol. The van der Waals surface area contributed by atoms with Crippen LogP contribution in [0.4, 0.5) is 0 Å². The zero-order chi connectivity index (χ0) is 8.36. The fourth-order valence-corrected chi connectivity index (χ4v) is 0.708. The van der Waals surface area contributed by atoms with E-state index < -0.39 is 5.92 Å². The smallest absolute Gasteiger partial charge is 0.154 e. The lowest BCUT2D eigenvalue weighted by Crippen LogP contribution is -2.25. The van der Waals surface area contributed by atoms with E-state index >= 15 is 0 Å². The van der Waals surface area contributed by atoms with Gasteiger partial charge in [0.25, 0.3) is 0 Å². The lowest BCUT2D eigenvalue weighted by atomic mass is 9.84. The number of rotatable bonds is 1. The van der Waals surface area contributed by atoms with E-state index in [0.717, 1.165) is 0 Å². The second kappa shape index (κ2) is 2.83. The molecule has 10 heavy (non-hydrogen) atoms. The van der Waals surface area contributed by atoms with Crippen LogP contribution in [-0.4, -0.2) is 5.78 Å². The lowest BCUT2D eigenvalue weighted by Gasteiger charge is -2.17. The molecule has 0 aliphatic heterocycles. The van der Waals surface area contributed by atoms with E-state index in [2.05, 4.69) is 0 Å². The van der Waals surface area contributed by atoms with Crippen molar-refractivity contribution in [1.82, 2.24) is 0 Å². The van der Waals surface area contributed by atoms with Gasteiger partial charge in [-0.15, -0.1) is 0 Å². The number of carbonyl (C=O) groups excluding carboxylic acids is 1. The Balaban J connectivity index is 4.27. The Bertz CT molecular complexity index is 171. The van der Waals surface area contributed by atoms with Crippen LogP contribution in [0, 0.1) is 22.7 Å². The highest BCUT2D eigenvalue weighted by molar-refractivity contribution is 5.87. The monoisotopic (exact) mass is 139 g/mol. The molecule has 0 N–H and O–H groups in total. The number of hydrogen-bond donors (Lipinski definition) is 0. The Morgan fingerprint density at radius 2 is 1.90 bits per heavy atom. The van der Waals surface area contributed by atoms with Gasteiger partial charge in [0, 0.05) is 5.41 Å². The molecule has 0 aromatic rings. The Hall–Kier alpha value is -0.840. The van der Waals surface area contributed by atoms with Gasteiger partial charge < -0.3 is 0 Å². The molecular formula is C8H13NO. The molecule has 0 rings (SSSR count). The topological polar surface area (TPSA) is 40.9 Å². The van der Waals surface area contributed by atoms with Crippen molar-refractivity contribution in [3.63, 3.8) is 0 Å². The molecule has 0 aliphatic carbocycles. The Labute approximate surface area is 61.8 Å². The number of carbonyl (C=O) groups is 1. The fraction of sp³-hybridized carbons (Fsp3) is 0.750. The standard InChI is InChI=1S/C8H13NO/c1-6(5-9)7(10)8(2,3)4/h6H,1-4H3. The molecule has 1 unspecified atom stereocenters. The van der Waals surface area contributed by atoms with Gasteiger partial charge in [-0.3, -0.25) is 4.79 Å². The van der Waals surface area contributed by atoms with E-state index in [1.165, 1.54) is 0 Å². The first-order chi connectivity index (χ1) is 4.39. The van der Waals surface area contributed by atoms with Crippen molar-refractivity contribution >= 4 is 5.78 Å². The predicted molar refractivity (Wildman–Crippen MR) is 39.2 cm³/mol. The van der Waals surface area contributed by atoms with E-state index in [9.17, 15) is 4.79 Å². The summed E-state index contributed by atoms with van der Waals surface area (Å²) < 4.78 is 0. The zero-order valence-electron chi connectivity index (χ0n) is 6.93. The number of hydrogen-bond acceptors (Lipinski definition) is 2. The van der Waals surface area contributed by atoms with Crippen LogP contribution in [-0.2, 0) is 4.79 Å². The number of ketones is 1. The van der Waals surface area contributed by atoms with E-state index in [1.807, 2.05) is 26.8 Å². The van der Waals surface area contributed by atoms with Crippen LogP contribution < -0.4 is 0 Å². The average Bonchev–Trinajstić information content (AvgIpc) is 1.83. The number of Topliss-reactive ketones (excluding diaryl/α,β-unsaturated/α-hetero) is 1. The number of nitrogens with zero attached hydrogens (tertiary/aromatic N) is 1. The quantitative estimate of drug-likeness (QED) is 0.555. The summed E-state index contributed by atoms with van der Waals surface area (Å²) in [6.45, 7) is 7.10. The zero-order valence-corrected chi connectivity index (χ0v) is 6.93. The third-order valence-corrected chi connectivity index (χ3v) is 1.33. The van der Waals surface area contributed by atoms with Crippen LogP contribution in [0.25, 0.3) is 0 Å². The van der Waals surface area contributed by atoms with Gasteiger partial charge in [-0.05, 0) is 6.92 Å². The summed E-state index contributed by atoms with van der Waals surface area (Å²) in [6, 6.07) is 1.92. The van der Waals surface area contributed by atoms with Crippen LogP contribution in [0.3, 0.4) is 0 Å². The first kappa shape index (κ1) is 9.16. The van der Waals surface area contributed by atoms with Gasteiger partial charge in [0.1, 0.15) is 5.92 Å². The Kier molecular flexibility index (Phi) is 2.59.